The van der Waals surface area contributed by atoms with E-state index in [2.05, 4.69) is 0 Å². The van der Waals surface area contributed by atoms with Crippen molar-refractivity contribution in [3.63, 3.8) is 0 Å². The van der Waals surface area contributed by atoms with Crippen LogP contribution in [0.3, 0.4) is 0 Å². The fraction of sp³-hybridized carbons (Fsp3) is 0.300. The molecule has 0 saturated carbocycles. The van der Waals surface area contributed by atoms with Crippen LogP contribution in [-0.4, -0.2) is 39.5 Å². The molecule has 1 aliphatic heterocycles. The Hall–Kier alpha value is -1.95. The summed E-state index contributed by atoms with van der Waals surface area (Å²) >= 11 is 0. The monoisotopic (exact) mass is 225 g/mol. The van der Waals surface area contributed by atoms with Gasteiger partial charge in [0.15, 0.2) is 0 Å². The maximum atomic E-state index is 11.6. The first kappa shape index (κ1) is 12.1. The molecule has 86 valence electrons. The number of carboxylic acid groups (broad SMARTS) is 1. The lowest BCUT2D eigenvalue weighted by Crippen LogP contribution is -2.23. The van der Waals surface area contributed by atoms with Crippen molar-refractivity contribution in [2.75, 3.05) is 6.61 Å². The maximum Gasteiger partial charge on any atom is 0.329 e. The quantitative estimate of drug-likeness (QED) is 0.505. The number of amides is 2. The lowest BCUT2D eigenvalue weighted by atomic mass is 10.1. The Morgan fingerprint density at radius 2 is 2.12 bits per heavy atom. The summed E-state index contributed by atoms with van der Waals surface area (Å²) in [4.78, 5) is 34.0. The molecule has 1 fully saturated rings. The van der Waals surface area contributed by atoms with Crippen LogP contribution in [-0.2, 0) is 14.4 Å². The molecular weight excluding hydrogens is 214 g/mol. The van der Waals surface area contributed by atoms with Crippen molar-refractivity contribution in [3.8, 4) is 0 Å². The topological polar surface area (TPSA) is 94.9 Å². The molecule has 0 aromatic rings. The number of hydrogen-bond acceptors (Lipinski definition) is 4. The van der Waals surface area contributed by atoms with E-state index in [4.69, 9.17) is 10.2 Å². The zero-order valence-electron chi connectivity index (χ0n) is 8.64. The Morgan fingerprint density at radius 3 is 2.62 bits per heavy atom. The molecule has 0 unspecified atom stereocenters. The van der Waals surface area contributed by atoms with E-state index in [-0.39, 0.29) is 18.6 Å². The van der Waals surface area contributed by atoms with Gasteiger partial charge in [-0.15, -0.1) is 0 Å². The second-order valence-corrected chi connectivity index (χ2v) is 3.32. The highest BCUT2D eigenvalue weighted by atomic mass is 16.4. The summed E-state index contributed by atoms with van der Waals surface area (Å²) in [6.07, 6.45) is 1.53. The molecule has 1 saturated heterocycles. The zero-order chi connectivity index (χ0) is 12.3. The van der Waals surface area contributed by atoms with E-state index < -0.39 is 17.8 Å². The SMILES string of the molecule is C/C(CO)=C1/CC(=O)N(/C=C/C(=O)O)C1=O. The maximum absolute atomic E-state index is 11.6. The Kier molecular flexibility index (Phi) is 3.57. The van der Waals surface area contributed by atoms with E-state index in [1.807, 2.05) is 0 Å². The number of imide groups is 1. The summed E-state index contributed by atoms with van der Waals surface area (Å²) in [7, 11) is 0. The van der Waals surface area contributed by atoms with Gasteiger partial charge in [-0.2, -0.15) is 0 Å². The third kappa shape index (κ3) is 2.34. The summed E-state index contributed by atoms with van der Waals surface area (Å²) in [6, 6.07) is 0. The minimum atomic E-state index is -1.24. The van der Waals surface area contributed by atoms with E-state index in [0.29, 0.717) is 11.6 Å². The van der Waals surface area contributed by atoms with Crippen LogP contribution in [0, 0.1) is 0 Å². The van der Waals surface area contributed by atoms with Gasteiger partial charge in [-0.3, -0.25) is 14.5 Å². The normalized spacial score (nSPS) is 19.8. The van der Waals surface area contributed by atoms with Crippen molar-refractivity contribution >= 4 is 17.8 Å². The highest BCUT2D eigenvalue weighted by Gasteiger charge is 2.33. The third-order valence-electron chi connectivity index (χ3n) is 2.19. The molecule has 2 amide bonds. The molecule has 0 aromatic heterocycles. The molecule has 1 aliphatic rings. The molecular formula is C10H11NO5. The van der Waals surface area contributed by atoms with Crippen LogP contribution in [0.4, 0.5) is 0 Å². The van der Waals surface area contributed by atoms with Crippen molar-refractivity contribution in [2.45, 2.75) is 13.3 Å². The molecule has 1 heterocycles. The number of carboxylic acids is 1. The van der Waals surface area contributed by atoms with Crippen LogP contribution in [0.25, 0.3) is 0 Å². The van der Waals surface area contributed by atoms with E-state index in [9.17, 15) is 14.4 Å². The molecule has 0 aromatic carbocycles. The summed E-state index contributed by atoms with van der Waals surface area (Å²) in [6.45, 7) is 1.25. The standard InChI is InChI=1S/C10H11NO5/c1-6(5-12)7-4-8(13)11(10(7)16)3-2-9(14)15/h2-3,12H,4-5H2,1H3,(H,14,15)/b3-2+,7-6+. The Balaban J connectivity index is 2.96. The number of rotatable bonds is 3. The largest absolute Gasteiger partial charge is 0.478 e. The minimum absolute atomic E-state index is 0.102. The Bertz CT molecular complexity index is 407. The zero-order valence-corrected chi connectivity index (χ0v) is 8.64. The smallest absolute Gasteiger partial charge is 0.329 e. The summed E-state index contributed by atoms with van der Waals surface area (Å²) in [5.74, 6) is -2.31. The molecule has 16 heavy (non-hydrogen) atoms. The van der Waals surface area contributed by atoms with Crippen molar-refractivity contribution in [1.82, 2.24) is 4.90 Å². The lowest BCUT2D eigenvalue weighted by Gasteiger charge is -2.06. The van der Waals surface area contributed by atoms with Gasteiger partial charge >= 0.3 is 5.97 Å². The molecule has 0 radical (unpaired) electrons. The third-order valence-corrected chi connectivity index (χ3v) is 2.19. The summed E-state index contributed by atoms with van der Waals surface area (Å²) in [5, 5.41) is 17.2. The van der Waals surface area contributed by atoms with Gasteiger partial charge in [0.2, 0.25) is 5.91 Å². The predicted molar refractivity (Wildman–Crippen MR) is 53.0 cm³/mol. The number of aliphatic hydroxyl groups excluding tert-OH is 1. The van der Waals surface area contributed by atoms with Gasteiger partial charge in [0.25, 0.3) is 5.91 Å². The van der Waals surface area contributed by atoms with E-state index in [1.54, 1.807) is 6.92 Å². The Morgan fingerprint density at radius 1 is 1.50 bits per heavy atom. The van der Waals surface area contributed by atoms with Crippen molar-refractivity contribution in [2.24, 2.45) is 0 Å². The van der Waals surface area contributed by atoms with Crippen LogP contribution in [0.2, 0.25) is 0 Å². The number of likely N-dealkylation sites (tertiary alicyclic amines) is 1. The predicted octanol–water partition coefficient (Wildman–Crippen LogP) is -0.348. The number of nitrogens with zero attached hydrogens (tertiary/aromatic N) is 1. The Labute approximate surface area is 91.5 Å². The number of aliphatic hydroxyl groups is 1. The average Bonchev–Trinajstić information content (AvgIpc) is 2.51. The number of carbonyl (C=O) groups excluding carboxylic acids is 2. The van der Waals surface area contributed by atoms with Gasteiger partial charge in [0.1, 0.15) is 0 Å². The fourth-order valence-corrected chi connectivity index (χ4v) is 1.29. The minimum Gasteiger partial charge on any atom is -0.478 e. The first-order valence-electron chi connectivity index (χ1n) is 4.54. The molecule has 1 rings (SSSR count). The number of carbonyl (C=O) groups is 3. The van der Waals surface area contributed by atoms with Gasteiger partial charge in [-0.05, 0) is 12.5 Å². The molecule has 0 atom stereocenters. The van der Waals surface area contributed by atoms with Crippen molar-refractivity contribution in [1.29, 1.82) is 0 Å². The van der Waals surface area contributed by atoms with Crippen molar-refractivity contribution < 1.29 is 24.6 Å². The number of aliphatic carboxylic acids is 1. The molecule has 6 nitrogen and oxygen atoms in total. The second kappa shape index (κ2) is 4.71. The highest BCUT2D eigenvalue weighted by Crippen LogP contribution is 2.22. The molecule has 2 N–H and O–H groups in total. The van der Waals surface area contributed by atoms with E-state index in [1.165, 1.54) is 0 Å². The highest BCUT2D eigenvalue weighted by molar-refractivity contribution is 6.14. The van der Waals surface area contributed by atoms with Crippen LogP contribution in [0.15, 0.2) is 23.4 Å². The van der Waals surface area contributed by atoms with E-state index in [0.717, 1.165) is 11.1 Å². The van der Waals surface area contributed by atoms with Gasteiger partial charge in [-0.25, -0.2) is 4.79 Å². The first-order valence-corrected chi connectivity index (χ1v) is 4.54. The molecule has 0 bridgehead atoms. The average molecular weight is 225 g/mol. The first-order chi connectivity index (χ1) is 7.47. The van der Waals surface area contributed by atoms with Gasteiger partial charge in [-0.1, -0.05) is 0 Å². The van der Waals surface area contributed by atoms with Crippen LogP contribution in [0.1, 0.15) is 13.3 Å². The fourth-order valence-electron chi connectivity index (χ4n) is 1.29. The second-order valence-electron chi connectivity index (χ2n) is 3.32. The van der Waals surface area contributed by atoms with E-state index >= 15 is 0 Å². The van der Waals surface area contributed by atoms with Crippen LogP contribution in [0.5, 0.6) is 0 Å². The lowest BCUT2D eigenvalue weighted by molar-refractivity contribution is -0.134. The number of hydrogen-bond donors (Lipinski definition) is 2. The van der Waals surface area contributed by atoms with Gasteiger partial charge in [0.05, 0.1) is 13.0 Å². The van der Waals surface area contributed by atoms with Crippen LogP contribution < -0.4 is 0 Å². The van der Waals surface area contributed by atoms with Crippen molar-refractivity contribution in [3.05, 3.63) is 23.4 Å². The van der Waals surface area contributed by atoms with Gasteiger partial charge < -0.3 is 10.2 Å². The van der Waals surface area contributed by atoms with Gasteiger partial charge in [0, 0.05) is 17.8 Å². The van der Waals surface area contributed by atoms with Crippen LogP contribution >= 0.6 is 0 Å². The molecule has 0 aliphatic carbocycles. The summed E-state index contributed by atoms with van der Waals surface area (Å²) in [5.41, 5.74) is 0.645. The molecule has 0 spiro atoms. The molecule has 6 heteroatoms. The summed E-state index contributed by atoms with van der Waals surface area (Å²) < 4.78 is 0.